The summed E-state index contributed by atoms with van der Waals surface area (Å²) in [5.41, 5.74) is 11.2. The summed E-state index contributed by atoms with van der Waals surface area (Å²) in [4.78, 5) is 15.5. The van der Waals surface area contributed by atoms with E-state index in [2.05, 4.69) is 15.4 Å². The zero-order valence-corrected chi connectivity index (χ0v) is 19.7. The highest BCUT2D eigenvalue weighted by Gasteiger charge is 2.39. The number of aliphatic hydroxyl groups is 1. The lowest BCUT2D eigenvalue weighted by atomic mass is 9.81. The molecule has 2 atom stereocenters. The van der Waals surface area contributed by atoms with Crippen molar-refractivity contribution >= 4 is 29.0 Å². The molecule has 0 radical (unpaired) electrons. The maximum Gasteiger partial charge on any atom is 0.339 e. The van der Waals surface area contributed by atoms with Gasteiger partial charge in [0.25, 0.3) is 0 Å². The Kier molecular flexibility index (Phi) is 7.77. The van der Waals surface area contributed by atoms with E-state index in [1.807, 2.05) is 36.4 Å². The molecule has 176 valence electrons. The fourth-order valence-corrected chi connectivity index (χ4v) is 4.96. The van der Waals surface area contributed by atoms with Crippen LogP contribution in [0.4, 0.5) is 0 Å². The van der Waals surface area contributed by atoms with E-state index in [4.69, 9.17) is 22.7 Å². The quantitative estimate of drug-likeness (QED) is 0.232. The van der Waals surface area contributed by atoms with Crippen molar-refractivity contribution in [2.75, 3.05) is 19.6 Å². The smallest absolute Gasteiger partial charge is 0.339 e. The van der Waals surface area contributed by atoms with Gasteiger partial charge in [-0.1, -0.05) is 36.4 Å². The van der Waals surface area contributed by atoms with Gasteiger partial charge >= 0.3 is 5.97 Å². The minimum atomic E-state index is -0.452. The van der Waals surface area contributed by atoms with Crippen molar-refractivity contribution in [3.8, 4) is 0 Å². The Morgan fingerprint density at radius 3 is 2.76 bits per heavy atom. The molecule has 0 spiro atoms. The van der Waals surface area contributed by atoms with E-state index < -0.39 is 11.9 Å². The number of carbonyl (C=O) groups is 1. The van der Waals surface area contributed by atoms with E-state index in [9.17, 15) is 9.90 Å². The number of rotatable bonds is 8. The van der Waals surface area contributed by atoms with Crippen molar-refractivity contribution in [2.24, 2.45) is 10.8 Å². The van der Waals surface area contributed by atoms with E-state index in [1.54, 1.807) is 0 Å². The van der Waals surface area contributed by atoms with E-state index in [0.717, 1.165) is 55.7 Å². The third kappa shape index (κ3) is 5.81. The number of thiocarbonyl (C=S) groups is 1. The molecule has 1 aliphatic carbocycles. The van der Waals surface area contributed by atoms with Crippen LogP contribution in [0.5, 0.6) is 0 Å². The molecule has 3 aliphatic rings. The number of nitrogens with one attached hydrogen (secondary N) is 1. The summed E-state index contributed by atoms with van der Waals surface area (Å²) < 4.78 is 5.77. The molecule has 1 fully saturated rings. The van der Waals surface area contributed by atoms with Gasteiger partial charge in [-0.15, -0.1) is 0 Å². The molecule has 2 heterocycles. The third-order valence-electron chi connectivity index (χ3n) is 6.61. The minimum Gasteiger partial charge on any atom is -0.507 e. The maximum atomic E-state index is 13.1. The first kappa shape index (κ1) is 23.4. The Bertz CT molecular complexity index is 967. The maximum absolute atomic E-state index is 13.1. The SMILES string of the molecule is NC(=S)N/N=C(/CCN1CCCC1)CC(C1=C(O)C2=CCCCC2OC1=O)c1ccccc1. The van der Waals surface area contributed by atoms with Crippen LogP contribution in [0.25, 0.3) is 0 Å². The van der Waals surface area contributed by atoms with Crippen LogP contribution in [0.3, 0.4) is 0 Å². The number of esters is 1. The van der Waals surface area contributed by atoms with Crippen LogP contribution >= 0.6 is 12.2 Å². The summed E-state index contributed by atoms with van der Waals surface area (Å²) in [6.45, 7) is 3.06. The average Bonchev–Trinajstić information content (AvgIpc) is 3.34. The number of benzene rings is 1. The molecular weight excluding hydrogens is 436 g/mol. The van der Waals surface area contributed by atoms with Gasteiger partial charge in [0.15, 0.2) is 5.11 Å². The molecule has 1 aromatic carbocycles. The van der Waals surface area contributed by atoms with Crippen LogP contribution in [-0.2, 0) is 9.53 Å². The Labute approximate surface area is 200 Å². The molecule has 0 amide bonds. The number of ether oxygens (including phenoxy) is 1. The van der Waals surface area contributed by atoms with Gasteiger partial charge in [0.2, 0.25) is 0 Å². The molecule has 0 bridgehead atoms. The molecule has 1 aromatic rings. The normalized spacial score (nSPS) is 22.4. The van der Waals surface area contributed by atoms with Crippen molar-refractivity contribution < 1.29 is 14.6 Å². The van der Waals surface area contributed by atoms with Crippen LogP contribution in [0.15, 0.2) is 58.4 Å². The van der Waals surface area contributed by atoms with Gasteiger partial charge < -0.3 is 20.5 Å². The summed E-state index contributed by atoms with van der Waals surface area (Å²) in [5.74, 6) is -0.787. The van der Waals surface area contributed by atoms with Crippen LogP contribution in [0.2, 0.25) is 0 Å². The fourth-order valence-electron chi connectivity index (χ4n) is 4.91. The van der Waals surface area contributed by atoms with E-state index in [-0.39, 0.29) is 17.0 Å². The standard InChI is InChI=1S/C25H32N4O3S/c26-25(33)28-27-18(12-15-29-13-6-7-14-29)16-20(17-8-2-1-3-9-17)22-23(30)19-10-4-5-11-21(19)32-24(22)31/h1-3,8-10,20-21,30H,4-7,11-16H2,(H3,26,28,33)/b27-18-. The first-order valence-corrected chi connectivity index (χ1v) is 12.2. The van der Waals surface area contributed by atoms with Crippen molar-refractivity contribution in [2.45, 2.75) is 57.0 Å². The summed E-state index contributed by atoms with van der Waals surface area (Å²) >= 11 is 4.96. The van der Waals surface area contributed by atoms with Crippen molar-refractivity contribution in [3.05, 3.63) is 58.9 Å². The largest absolute Gasteiger partial charge is 0.507 e. The molecule has 2 unspecified atom stereocenters. The number of hydrogen-bond acceptors (Lipinski definition) is 6. The second-order valence-electron chi connectivity index (χ2n) is 8.87. The number of allylic oxidation sites excluding steroid dienone is 1. The topological polar surface area (TPSA) is 100 Å². The molecule has 4 N–H and O–H groups in total. The predicted octanol–water partition coefficient (Wildman–Crippen LogP) is 3.68. The van der Waals surface area contributed by atoms with Gasteiger partial charge in [0.1, 0.15) is 11.9 Å². The molecule has 7 nitrogen and oxygen atoms in total. The Morgan fingerprint density at radius 1 is 1.27 bits per heavy atom. The molecule has 33 heavy (non-hydrogen) atoms. The van der Waals surface area contributed by atoms with E-state index >= 15 is 0 Å². The molecule has 0 aromatic heterocycles. The van der Waals surface area contributed by atoms with Crippen LogP contribution in [0, 0.1) is 0 Å². The lowest BCUT2D eigenvalue weighted by molar-refractivity contribution is -0.145. The number of hydrogen-bond donors (Lipinski definition) is 3. The van der Waals surface area contributed by atoms with E-state index in [1.165, 1.54) is 12.8 Å². The van der Waals surface area contributed by atoms with Crippen LogP contribution < -0.4 is 11.2 Å². The second kappa shape index (κ2) is 10.9. The molecule has 8 heteroatoms. The van der Waals surface area contributed by atoms with Gasteiger partial charge in [0, 0.05) is 30.2 Å². The molecule has 0 saturated carbocycles. The minimum absolute atomic E-state index is 0.0611. The highest BCUT2D eigenvalue weighted by molar-refractivity contribution is 7.80. The number of likely N-dealkylation sites (tertiary alicyclic amines) is 1. The summed E-state index contributed by atoms with van der Waals surface area (Å²) in [6.07, 6.45) is 7.79. The Hall–Kier alpha value is -2.71. The van der Waals surface area contributed by atoms with Crippen molar-refractivity contribution in [1.82, 2.24) is 10.3 Å². The zero-order valence-electron chi connectivity index (χ0n) is 18.8. The molecule has 4 rings (SSSR count). The zero-order chi connectivity index (χ0) is 23.2. The number of hydrazone groups is 1. The predicted molar refractivity (Wildman–Crippen MR) is 133 cm³/mol. The van der Waals surface area contributed by atoms with Gasteiger partial charge in [-0.2, -0.15) is 5.10 Å². The van der Waals surface area contributed by atoms with E-state index in [0.29, 0.717) is 18.4 Å². The summed E-state index contributed by atoms with van der Waals surface area (Å²) in [5, 5.41) is 15.8. The van der Waals surface area contributed by atoms with Gasteiger partial charge in [-0.05, 0) is 69.4 Å². The number of nitrogens with two attached hydrogens (primary N) is 1. The highest BCUT2D eigenvalue weighted by atomic mass is 32.1. The van der Waals surface area contributed by atoms with Crippen molar-refractivity contribution in [1.29, 1.82) is 0 Å². The van der Waals surface area contributed by atoms with Crippen LogP contribution in [-0.4, -0.2) is 52.5 Å². The van der Waals surface area contributed by atoms with Gasteiger partial charge in [-0.3, -0.25) is 5.43 Å². The first-order valence-electron chi connectivity index (χ1n) is 11.8. The third-order valence-corrected chi connectivity index (χ3v) is 6.70. The molecule has 2 aliphatic heterocycles. The fraction of sp³-hybridized carbons (Fsp3) is 0.480. The summed E-state index contributed by atoms with van der Waals surface area (Å²) in [6, 6.07) is 9.75. The summed E-state index contributed by atoms with van der Waals surface area (Å²) in [7, 11) is 0. The van der Waals surface area contributed by atoms with Gasteiger partial charge in [0.05, 0.1) is 5.57 Å². The molecule has 1 saturated heterocycles. The second-order valence-corrected chi connectivity index (χ2v) is 9.31. The Morgan fingerprint density at radius 2 is 2.03 bits per heavy atom. The number of carbonyl (C=O) groups excluding carboxylic acids is 1. The lowest BCUT2D eigenvalue weighted by Crippen LogP contribution is -2.34. The lowest BCUT2D eigenvalue weighted by Gasteiger charge is -2.32. The van der Waals surface area contributed by atoms with Gasteiger partial charge in [-0.25, -0.2) is 4.79 Å². The van der Waals surface area contributed by atoms with Crippen molar-refractivity contribution in [3.63, 3.8) is 0 Å². The monoisotopic (exact) mass is 468 g/mol. The number of fused-ring (bicyclic) bond motifs is 1. The number of aliphatic hydroxyl groups excluding tert-OH is 1. The first-order chi connectivity index (χ1) is 16.0. The number of nitrogens with zero attached hydrogens (tertiary/aromatic N) is 2. The molecular formula is C25H32N4O3S. The average molecular weight is 469 g/mol. The Balaban J connectivity index is 1.67. The highest BCUT2D eigenvalue weighted by Crippen LogP contribution is 2.40. The van der Waals surface area contributed by atoms with Crippen LogP contribution in [0.1, 0.15) is 56.4 Å².